The molecule has 1 aliphatic rings. The number of ether oxygens (including phenoxy) is 2. The molecule has 0 aliphatic carbocycles. The first-order valence-corrected chi connectivity index (χ1v) is 5.47. The zero-order chi connectivity index (χ0) is 10.5. The van der Waals surface area contributed by atoms with Crippen molar-refractivity contribution in [3.8, 4) is 5.75 Å². The van der Waals surface area contributed by atoms with Crippen LogP contribution < -0.4 is 4.74 Å². The summed E-state index contributed by atoms with van der Waals surface area (Å²) in [7, 11) is 0. The second-order valence-corrected chi connectivity index (χ2v) is 4.02. The molecule has 1 radical (unpaired) electrons. The number of hydrogen-bond acceptors (Lipinski definition) is 2. The molecule has 1 aliphatic heterocycles. The van der Waals surface area contributed by atoms with Gasteiger partial charge in [-0.3, -0.25) is 0 Å². The second-order valence-electron chi connectivity index (χ2n) is 4.02. The van der Waals surface area contributed by atoms with Gasteiger partial charge in [-0.05, 0) is 37.8 Å². The molecule has 2 heteroatoms. The highest BCUT2D eigenvalue weighted by Gasteiger charge is 2.18. The summed E-state index contributed by atoms with van der Waals surface area (Å²) in [5.41, 5.74) is 0. The van der Waals surface area contributed by atoms with Crippen molar-refractivity contribution in [1.82, 2.24) is 0 Å². The summed E-state index contributed by atoms with van der Waals surface area (Å²) in [6.45, 7) is 5.40. The van der Waals surface area contributed by atoms with E-state index in [1.807, 2.05) is 30.3 Å². The SMILES string of the molecule is [CH2]C1CCC(COc2ccccc2)OC1. The maximum Gasteiger partial charge on any atom is 0.119 e. The largest absolute Gasteiger partial charge is 0.491 e. The predicted molar refractivity (Wildman–Crippen MR) is 59.8 cm³/mol. The lowest BCUT2D eigenvalue weighted by atomic mass is 10.0. The zero-order valence-corrected chi connectivity index (χ0v) is 8.89. The van der Waals surface area contributed by atoms with E-state index in [-0.39, 0.29) is 6.10 Å². The van der Waals surface area contributed by atoms with Gasteiger partial charge in [0.05, 0.1) is 6.10 Å². The highest BCUT2D eigenvalue weighted by atomic mass is 16.5. The summed E-state index contributed by atoms with van der Waals surface area (Å²) in [6, 6.07) is 9.86. The fraction of sp³-hybridized carbons (Fsp3) is 0.462. The van der Waals surface area contributed by atoms with Crippen molar-refractivity contribution in [2.75, 3.05) is 13.2 Å². The first-order valence-electron chi connectivity index (χ1n) is 5.47. The van der Waals surface area contributed by atoms with Crippen molar-refractivity contribution in [1.29, 1.82) is 0 Å². The average Bonchev–Trinajstić information content (AvgIpc) is 2.30. The highest BCUT2D eigenvalue weighted by molar-refractivity contribution is 5.20. The lowest BCUT2D eigenvalue weighted by Gasteiger charge is -2.26. The van der Waals surface area contributed by atoms with Gasteiger partial charge in [0.2, 0.25) is 0 Å². The lowest BCUT2D eigenvalue weighted by Crippen LogP contribution is -2.29. The Morgan fingerprint density at radius 3 is 2.73 bits per heavy atom. The van der Waals surface area contributed by atoms with E-state index in [0.29, 0.717) is 12.5 Å². The highest BCUT2D eigenvalue weighted by Crippen LogP contribution is 2.19. The Balaban J connectivity index is 1.74. The minimum atomic E-state index is 0.239. The van der Waals surface area contributed by atoms with Crippen LogP contribution in [0.15, 0.2) is 30.3 Å². The van der Waals surface area contributed by atoms with Gasteiger partial charge in [0, 0.05) is 6.61 Å². The molecular formula is C13H17O2. The Morgan fingerprint density at radius 1 is 1.27 bits per heavy atom. The molecule has 1 aromatic carbocycles. The molecule has 0 spiro atoms. The molecule has 2 nitrogen and oxygen atoms in total. The molecular weight excluding hydrogens is 188 g/mol. The first kappa shape index (κ1) is 10.5. The van der Waals surface area contributed by atoms with Crippen LogP contribution in [-0.2, 0) is 4.74 Å². The van der Waals surface area contributed by atoms with Crippen LogP contribution in [0, 0.1) is 12.8 Å². The standard InChI is InChI=1S/C13H17O2/c1-11-7-8-13(14-9-11)10-15-12-5-3-2-4-6-12/h2-6,11,13H,1,7-10H2. The van der Waals surface area contributed by atoms with Crippen LogP contribution in [0.25, 0.3) is 0 Å². The van der Waals surface area contributed by atoms with Crippen molar-refractivity contribution in [3.63, 3.8) is 0 Å². The molecule has 0 aromatic heterocycles. The molecule has 15 heavy (non-hydrogen) atoms. The van der Waals surface area contributed by atoms with Gasteiger partial charge in [-0.2, -0.15) is 0 Å². The summed E-state index contributed by atoms with van der Waals surface area (Å²) in [5, 5.41) is 0. The molecule has 2 rings (SSSR count). The third-order valence-electron chi connectivity index (χ3n) is 2.64. The Labute approximate surface area is 91.2 Å². The number of hydrogen-bond donors (Lipinski definition) is 0. The van der Waals surface area contributed by atoms with Gasteiger partial charge in [-0.15, -0.1) is 0 Å². The van der Waals surface area contributed by atoms with Gasteiger partial charge in [0.25, 0.3) is 0 Å². The third-order valence-corrected chi connectivity index (χ3v) is 2.64. The summed E-state index contributed by atoms with van der Waals surface area (Å²) in [6.07, 6.45) is 2.44. The van der Waals surface area contributed by atoms with Crippen molar-refractivity contribution in [3.05, 3.63) is 37.3 Å². The smallest absolute Gasteiger partial charge is 0.119 e. The topological polar surface area (TPSA) is 18.5 Å². The van der Waals surface area contributed by atoms with E-state index in [9.17, 15) is 0 Å². The number of benzene rings is 1. The first-order chi connectivity index (χ1) is 7.34. The summed E-state index contributed by atoms with van der Waals surface area (Å²) < 4.78 is 11.3. The van der Waals surface area contributed by atoms with E-state index < -0.39 is 0 Å². The Kier molecular flexibility index (Phi) is 3.62. The van der Waals surface area contributed by atoms with Crippen LogP contribution in [0.5, 0.6) is 5.75 Å². The number of rotatable bonds is 3. The van der Waals surface area contributed by atoms with Crippen molar-refractivity contribution in [2.45, 2.75) is 18.9 Å². The van der Waals surface area contributed by atoms with E-state index in [0.717, 1.165) is 25.2 Å². The molecule has 1 saturated heterocycles. The van der Waals surface area contributed by atoms with Crippen molar-refractivity contribution < 1.29 is 9.47 Å². The van der Waals surface area contributed by atoms with Crippen LogP contribution in [0.2, 0.25) is 0 Å². The van der Waals surface area contributed by atoms with E-state index in [1.165, 1.54) is 0 Å². The monoisotopic (exact) mass is 205 g/mol. The van der Waals surface area contributed by atoms with Crippen LogP contribution in [0.4, 0.5) is 0 Å². The second kappa shape index (κ2) is 5.17. The Morgan fingerprint density at radius 2 is 2.07 bits per heavy atom. The molecule has 0 N–H and O–H groups in total. The molecule has 0 bridgehead atoms. The lowest BCUT2D eigenvalue weighted by molar-refractivity contribution is -0.0281. The van der Waals surface area contributed by atoms with Crippen LogP contribution in [0.3, 0.4) is 0 Å². The van der Waals surface area contributed by atoms with Gasteiger partial charge in [0.15, 0.2) is 0 Å². The van der Waals surface area contributed by atoms with Gasteiger partial charge in [0.1, 0.15) is 12.4 Å². The van der Waals surface area contributed by atoms with Crippen molar-refractivity contribution in [2.24, 2.45) is 5.92 Å². The quantitative estimate of drug-likeness (QED) is 0.755. The molecule has 2 atom stereocenters. The molecule has 0 amide bonds. The zero-order valence-electron chi connectivity index (χ0n) is 8.89. The normalized spacial score (nSPS) is 26.2. The fourth-order valence-electron chi connectivity index (χ4n) is 1.70. The van der Waals surface area contributed by atoms with Gasteiger partial charge < -0.3 is 9.47 Å². The Hall–Kier alpha value is -1.02. The van der Waals surface area contributed by atoms with E-state index >= 15 is 0 Å². The van der Waals surface area contributed by atoms with Gasteiger partial charge in [-0.1, -0.05) is 18.2 Å². The summed E-state index contributed by atoms with van der Waals surface area (Å²) in [5.74, 6) is 1.37. The van der Waals surface area contributed by atoms with Gasteiger partial charge in [-0.25, -0.2) is 0 Å². The minimum absolute atomic E-state index is 0.239. The maximum atomic E-state index is 5.64. The van der Waals surface area contributed by atoms with E-state index in [2.05, 4.69) is 6.92 Å². The summed E-state index contributed by atoms with van der Waals surface area (Å²) in [4.78, 5) is 0. The minimum Gasteiger partial charge on any atom is -0.491 e. The van der Waals surface area contributed by atoms with E-state index in [4.69, 9.17) is 9.47 Å². The van der Waals surface area contributed by atoms with E-state index in [1.54, 1.807) is 0 Å². The molecule has 1 heterocycles. The molecule has 81 valence electrons. The molecule has 1 aromatic rings. The molecule has 2 unspecified atom stereocenters. The van der Waals surface area contributed by atoms with Crippen LogP contribution in [-0.4, -0.2) is 19.3 Å². The Bertz CT molecular complexity index is 276. The fourth-order valence-corrected chi connectivity index (χ4v) is 1.70. The van der Waals surface area contributed by atoms with Crippen LogP contribution >= 0.6 is 0 Å². The van der Waals surface area contributed by atoms with Crippen molar-refractivity contribution >= 4 is 0 Å². The summed E-state index contributed by atoms with van der Waals surface area (Å²) >= 11 is 0. The third kappa shape index (κ3) is 3.24. The average molecular weight is 205 g/mol. The van der Waals surface area contributed by atoms with Crippen LogP contribution in [0.1, 0.15) is 12.8 Å². The number of para-hydroxylation sites is 1. The molecule has 0 saturated carbocycles. The van der Waals surface area contributed by atoms with Gasteiger partial charge >= 0.3 is 0 Å². The predicted octanol–water partition coefficient (Wildman–Crippen LogP) is 2.69. The molecule has 1 fully saturated rings. The maximum absolute atomic E-state index is 5.64.